The van der Waals surface area contributed by atoms with E-state index in [1.165, 1.54) is 16.0 Å². The third-order valence-corrected chi connectivity index (χ3v) is 2.58. The summed E-state index contributed by atoms with van der Waals surface area (Å²) in [4.78, 5) is 1.30. The van der Waals surface area contributed by atoms with Gasteiger partial charge in [0.15, 0.2) is 0 Å². The summed E-state index contributed by atoms with van der Waals surface area (Å²) >= 11 is 1.76. The van der Waals surface area contributed by atoms with Crippen LogP contribution >= 0.6 is 11.8 Å². The van der Waals surface area contributed by atoms with Crippen LogP contribution in [0.2, 0.25) is 0 Å². The Bertz CT molecular complexity index is 258. The summed E-state index contributed by atoms with van der Waals surface area (Å²) in [5, 5.41) is 0. The molecule has 0 aliphatic carbocycles. The van der Waals surface area contributed by atoms with Crippen LogP contribution in [0.4, 0.5) is 0 Å². The van der Waals surface area contributed by atoms with Crippen molar-refractivity contribution in [2.75, 3.05) is 13.4 Å². The summed E-state index contributed by atoms with van der Waals surface area (Å²) in [7, 11) is 1.72. The number of methoxy groups -OCH3 is 1. The Morgan fingerprint density at radius 2 is 1.67 bits per heavy atom. The zero-order valence-electron chi connectivity index (χ0n) is 7.97. The van der Waals surface area contributed by atoms with E-state index in [1.807, 2.05) is 0 Å². The smallest absolute Gasteiger partial charge is 0.124 e. The van der Waals surface area contributed by atoms with Crippen LogP contribution in [0.25, 0.3) is 0 Å². The van der Waals surface area contributed by atoms with Crippen LogP contribution in [-0.4, -0.2) is 13.4 Å². The minimum absolute atomic E-state index is 1.01. The van der Waals surface area contributed by atoms with Crippen molar-refractivity contribution in [3.05, 3.63) is 23.3 Å². The first-order chi connectivity index (χ1) is 5.69. The fraction of sp³-hybridized carbons (Fsp3) is 0.400. The predicted octanol–water partition coefficient (Wildman–Crippen LogP) is 3.03. The van der Waals surface area contributed by atoms with Crippen LogP contribution in [0, 0.1) is 13.8 Å². The molecule has 0 amide bonds. The zero-order valence-corrected chi connectivity index (χ0v) is 8.79. The molecule has 0 N–H and O–H groups in total. The lowest BCUT2D eigenvalue weighted by Crippen LogP contribution is -1.91. The van der Waals surface area contributed by atoms with Gasteiger partial charge in [0.2, 0.25) is 0 Å². The molecule has 0 unspecified atom stereocenters. The van der Waals surface area contributed by atoms with E-state index in [4.69, 9.17) is 4.74 Å². The number of thioether (sulfide) groups is 1. The van der Waals surface area contributed by atoms with Gasteiger partial charge in [-0.05, 0) is 43.4 Å². The van der Waals surface area contributed by atoms with Gasteiger partial charge in [0.25, 0.3) is 0 Å². The van der Waals surface area contributed by atoms with E-state index in [0.717, 1.165) is 5.75 Å². The van der Waals surface area contributed by atoms with Gasteiger partial charge in [-0.15, -0.1) is 11.8 Å². The monoisotopic (exact) mass is 182 g/mol. The van der Waals surface area contributed by atoms with Gasteiger partial charge in [-0.25, -0.2) is 0 Å². The highest BCUT2D eigenvalue weighted by Gasteiger charge is 2.03. The molecule has 0 fully saturated rings. The number of aryl methyl sites for hydroxylation is 2. The van der Waals surface area contributed by atoms with Crippen molar-refractivity contribution in [1.29, 1.82) is 0 Å². The first kappa shape index (κ1) is 9.46. The quantitative estimate of drug-likeness (QED) is 0.650. The molecule has 0 saturated carbocycles. The van der Waals surface area contributed by atoms with Crippen LogP contribution in [0.5, 0.6) is 5.75 Å². The predicted molar refractivity (Wildman–Crippen MR) is 54.2 cm³/mol. The van der Waals surface area contributed by atoms with Crippen molar-refractivity contribution in [3.63, 3.8) is 0 Å². The molecule has 0 saturated heterocycles. The fourth-order valence-corrected chi connectivity index (χ4v) is 1.94. The Kier molecular flexibility index (Phi) is 3.04. The fourth-order valence-electron chi connectivity index (χ4n) is 1.35. The Hall–Kier alpha value is -0.630. The number of rotatable bonds is 2. The van der Waals surface area contributed by atoms with Gasteiger partial charge < -0.3 is 4.74 Å². The summed E-state index contributed by atoms with van der Waals surface area (Å²) in [5.74, 6) is 1.01. The van der Waals surface area contributed by atoms with Crippen LogP contribution in [0.3, 0.4) is 0 Å². The lowest BCUT2D eigenvalue weighted by Gasteiger charge is -2.09. The van der Waals surface area contributed by atoms with Crippen molar-refractivity contribution in [2.24, 2.45) is 0 Å². The van der Waals surface area contributed by atoms with Crippen LogP contribution in [0.1, 0.15) is 11.1 Å². The summed E-state index contributed by atoms with van der Waals surface area (Å²) in [6.45, 7) is 4.15. The highest BCUT2D eigenvalue weighted by atomic mass is 32.2. The van der Waals surface area contributed by atoms with Crippen LogP contribution in [-0.2, 0) is 0 Å². The van der Waals surface area contributed by atoms with Gasteiger partial charge in [-0.1, -0.05) is 0 Å². The zero-order chi connectivity index (χ0) is 9.14. The Balaban J connectivity index is 3.18. The largest absolute Gasteiger partial charge is 0.496 e. The Morgan fingerprint density at radius 1 is 1.17 bits per heavy atom. The molecule has 0 bridgehead atoms. The average Bonchev–Trinajstić information content (AvgIpc) is 2.03. The molecule has 1 aromatic rings. The van der Waals surface area contributed by atoms with Crippen molar-refractivity contribution in [3.8, 4) is 5.75 Å². The first-order valence-corrected chi connectivity index (χ1v) is 5.10. The summed E-state index contributed by atoms with van der Waals surface area (Å²) < 4.78 is 5.27. The molecule has 0 atom stereocenters. The summed E-state index contributed by atoms with van der Waals surface area (Å²) in [5.41, 5.74) is 2.42. The van der Waals surface area contributed by atoms with Crippen molar-refractivity contribution in [2.45, 2.75) is 18.7 Å². The third kappa shape index (κ3) is 1.75. The average molecular weight is 182 g/mol. The second-order valence-corrected chi connectivity index (χ2v) is 3.67. The molecular formula is C10H14OS. The maximum Gasteiger partial charge on any atom is 0.124 e. The van der Waals surface area contributed by atoms with E-state index < -0.39 is 0 Å². The van der Waals surface area contributed by atoms with E-state index in [1.54, 1.807) is 18.9 Å². The molecule has 66 valence electrons. The molecular weight excluding hydrogens is 168 g/mol. The number of hydrogen-bond acceptors (Lipinski definition) is 2. The van der Waals surface area contributed by atoms with Gasteiger partial charge in [0.05, 0.1) is 7.11 Å². The van der Waals surface area contributed by atoms with Crippen molar-refractivity contribution < 1.29 is 4.74 Å². The van der Waals surface area contributed by atoms with E-state index >= 15 is 0 Å². The van der Waals surface area contributed by atoms with Crippen molar-refractivity contribution >= 4 is 11.8 Å². The summed E-state index contributed by atoms with van der Waals surface area (Å²) in [6.07, 6.45) is 2.08. The summed E-state index contributed by atoms with van der Waals surface area (Å²) in [6, 6.07) is 4.30. The van der Waals surface area contributed by atoms with Gasteiger partial charge in [0, 0.05) is 4.90 Å². The highest BCUT2D eigenvalue weighted by molar-refractivity contribution is 7.98. The van der Waals surface area contributed by atoms with Crippen molar-refractivity contribution in [1.82, 2.24) is 0 Å². The molecule has 2 heteroatoms. The lowest BCUT2D eigenvalue weighted by molar-refractivity contribution is 0.408. The molecule has 0 spiro atoms. The molecule has 0 aliphatic rings. The maximum absolute atomic E-state index is 5.27. The number of ether oxygens (including phenoxy) is 1. The SMILES string of the molecule is COc1c(C)cc(SC)cc1C. The molecule has 1 nitrogen and oxygen atoms in total. The van der Waals surface area contributed by atoms with E-state index in [0.29, 0.717) is 0 Å². The molecule has 0 heterocycles. The van der Waals surface area contributed by atoms with E-state index in [-0.39, 0.29) is 0 Å². The number of benzene rings is 1. The normalized spacial score (nSPS) is 10.0. The minimum Gasteiger partial charge on any atom is -0.496 e. The third-order valence-electron chi connectivity index (χ3n) is 1.87. The van der Waals surface area contributed by atoms with Crippen LogP contribution in [0.15, 0.2) is 17.0 Å². The van der Waals surface area contributed by atoms with Gasteiger partial charge in [-0.3, -0.25) is 0 Å². The number of hydrogen-bond donors (Lipinski definition) is 0. The first-order valence-electron chi connectivity index (χ1n) is 3.88. The molecule has 0 radical (unpaired) electrons. The minimum atomic E-state index is 1.01. The lowest BCUT2D eigenvalue weighted by atomic mass is 10.1. The maximum atomic E-state index is 5.27. The Morgan fingerprint density at radius 3 is 2.00 bits per heavy atom. The van der Waals surface area contributed by atoms with Gasteiger partial charge in [-0.2, -0.15) is 0 Å². The van der Waals surface area contributed by atoms with Gasteiger partial charge >= 0.3 is 0 Å². The van der Waals surface area contributed by atoms with Crippen LogP contribution < -0.4 is 4.74 Å². The molecule has 0 aliphatic heterocycles. The second-order valence-electron chi connectivity index (χ2n) is 2.79. The van der Waals surface area contributed by atoms with E-state index in [2.05, 4.69) is 32.2 Å². The van der Waals surface area contributed by atoms with E-state index in [9.17, 15) is 0 Å². The molecule has 12 heavy (non-hydrogen) atoms. The highest BCUT2D eigenvalue weighted by Crippen LogP contribution is 2.27. The standard InChI is InChI=1S/C10H14OS/c1-7-5-9(12-4)6-8(2)10(7)11-3/h5-6H,1-4H3. The topological polar surface area (TPSA) is 9.23 Å². The molecule has 1 aromatic carbocycles. The molecule has 0 aromatic heterocycles. The second kappa shape index (κ2) is 3.85. The molecule has 1 rings (SSSR count). The van der Waals surface area contributed by atoms with Gasteiger partial charge in [0.1, 0.15) is 5.75 Å². The Labute approximate surface area is 78.1 Å².